The molecule has 2 rings (SSSR count). The van der Waals surface area contributed by atoms with Crippen LogP contribution in [-0.4, -0.2) is 29.9 Å². The van der Waals surface area contributed by atoms with E-state index in [0.717, 1.165) is 31.5 Å². The van der Waals surface area contributed by atoms with Crippen LogP contribution in [0.2, 0.25) is 5.02 Å². The molecular formula is C15H21ClN2O. The van der Waals surface area contributed by atoms with Crippen LogP contribution in [0.4, 0.5) is 0 Å². The van der Waals surface area contributed by atoms with Gasteiger partial charge in [-0.15, -0.1) is 0 Å². The second kappa shape index (κ2) is 6.40. The Kier molecular flexibility index (Phi) is 4.83. The molecule has 104 valence electrons. The molecular weight excluding hydrogens is 260 g/mol. The van der Waals surface area contributed by atoms with Gasteiger partial charge in [0, 0.05) is 24.2 Å². The highest BCUT2D eigenvalue weighted by Gasteiger charge is 2.25. The number of rotatable bonds is 3. The number of hydrogen-bond donors (Lipinski definition) is 1. The van der Waals surface area contributed by atoms with E-state index < -0.39 is 0 Å². The predicted octanol–water partition coefficient (Wildman–Crippen LogP) is 2.47. The van der Waals surface area contributed by atoms with E-state index in [4.69, 9.17) is 17.3 Å². The van der Waals surface area contributed by atoms with Gasteiger partial charge in [-0.25, -0.2) is 0 Å². The van der Waals surface area contributed by atoms with Crippen LogP contribution in [0.25, 0.3) is 0 Å². The number of amides is 1. The maximum Gasteiger partial charge on any atom is 0.227 e. The van der Waals surface area contributed by atoms with Crippen molar-refractivity contribution in [3.05, 3.63) is 34.9 Å². The third-order valence-corrected chi connectivity index (χ3v) is 4.03. The highest BCUT2D eigenvalue weighted by molar-refractivity contribution is 6.30. The number of nitrogens with two attached hydrogens (primary N) is 1. The smallest absolute Gasteiger partial charge is 0.227 e. The van der Waals surface area contributed by atoms with Crippen molar-refractivity contribution in [1.29, 1.82) is 0 Å². The fourth-order valence-electron chi connectivity index (χ4n) is 2.60. The lowest BCUT2D eigenvalue weighted by atomic mass is 9.92. The van der Waals surface area contributed by atoms with E-state index in [-0.39, 0.29) is 11.9 Å². The third-order valence-electron chi connectivity index (χ3n) is 3.80. The van der Waals surface area contributed by atoms with Crippen LogP contribution >= 0.6 is 11.6 Å². The van der Waals surface area contributed by atoms with Crippen molar-refractivity contribution in [2.45, 2.75) is 32.2 Å². The normalized spacial score (nSPS) is 21.2. The Balaban J connectivity index is 1.96. The summed E-state index contributed by atoms with van der Waals surface area (Å²) in [6.45, 7) is 3.66. The predicted molar refractivity (Wildman–Crippen MR) is 78.1 cm³/mol. The average molecular weight is 281 g/mol. The molecule has 0 spiro atoms. The summed E-state index contributed by atoms with van der Waals surface area (Å²) in [7, 11) is 0. The molecule has 0 aromatic heterocycles. The van der Waals surface area contributed by atoms with Crippen LogP contribution in [0.3, 0.4) is 0 Å². The summed E-state index contributed by atoms with van der Waals surface area (Å²) in [5.74, 6) is 0.602. The van der Waals surface area contributed by atoms with Gasteiger partial charge in [0.15, 0.2) is 0 Å². The van der Waals surface area contributed by atoms with E-state index in [1.165, 1.54) is 0 Å². The summed E-state index contributed by atoms with van der Waals surface area (Å²) in [6, 6.07) is 7.65. The maximum atomic E-state index is 12.3. The van der Waals surface area contributed by atoms with E-state index in [1.54, 1.807) is 0 Å². The molecule has 0 unspecified atom stereocenters. The molecule has 1 saturated heterocycles. The van der Waals surface area contributed by atoms with Crippen LogP contribution in [0.5, 0.6) is 0 Å². The first kappa shape index (κ1) is 14.4. The Morgan fingerprint density at radius 1 is 1.58 bits per heavy atom. The van der Waals surface area contributed by atoms with Crippen LogP contribution in [0.1, 0.15) is 25.3 Å². The van der Waals surface area contributed by atoms with Gasteiger partial charge in [0.05, 0.1) is 6.42 Å². The molecule has 0 aliphatic carbocycles. The molecule has 1 heterocycles. The number of nitrogens with zero attached hydrogens (tertiary/aromatic N) is 1. The minimum Gasteiger partial charge on any atom is -0.342 e. The van der Waals surface area contributed by atoms with Gasteiger partial charge in [0.25, 0.3) is 0 Å². The quantitative estimate of drug-likeness (QED) is 0.924. The van der Waals surface area contributed by atoms with Crippen LogP contribution < -0.4 is 5.73 Å². The van der Waals surface area contributed by atoms with Gasteiger partial charge in [-0.3, -0.25) is 4.79 Å². The van der Waals surface area contributed by atoms with Gasteiger partial charge in [0.2, 0.25) is 5.91 Å². The maximum absolute atomic E-state index is 12.3. The molecule has 1 fully saturated rings. The zero-order valence-corrected chi connectivity index (χ0v) is 12.1. The lowest BCUT2D eigenvalue weighted by Gasteiger charge is -2.34. The number of piperidine rings is 1. The van der Waals surface area contributed by atoms with Crippen molar-refractivity contribution in [3.63, 3.8) is 0 Å². The van der Waals surface area contributed by atoms with Crippen LogP contribution in [0, 0.1) is 5.92 Å². The Bertz CT molecular complexity index is 448. The summed E-state index contributed by atoms with van der Waals surface area (Å²) in [6.07, 6.45) is 2.60. The van der Waals surface area contributed by atoms with Gasteiger partial charge in [-0.1, -0.05) is 23.7 Å². The van der Waals surface area contributed by atoms with Crippen LogP contribution in [0.15, 0.2) is 24.3 Å². The Labute approximate surface area is 119 Å². The number of halogens is 1. The van der Waals surface area contributed by atoms with Crippen LogP contribution in [-0.2, 0) is 11.2 Å². The molecule has 1 aromatic rings. The van der Waals surface area contributed by atoms with Crippen molar-refractivity contribution in [2.24, 2.45) is 11.7 Å². The molecule has 2 atom stereocenters. The van der Waals surface area contributed by atoms with E-state index in [2.05, 4.69) is 0 Å². The number of hydrogen-bond acceptors (Lipinski definition) is 2. The molecule has 1 aliphatic rings. The average Bonchev–Trinajstić information content (AvgIpc) is 2.39. The number of carbonyl (C=O) groups is 1. The minimum absolute atomic E-state index is 0.154. The molecule has 19 heavy (non-hydrogen) atoms. The molecule has 0 radical (unpaired) electrons. The SMILES string of the molecule is C[C@H](N)[C@@H]1CCCN(C(=O)Cc2cccc(Cl)c2)C1. The zero-order chi connectivity index (χ0) is 13.8. The molecule has 2 N–H and O–H groups in total. The Hall–Kier alpha value is -1.06. The fourth-order valence-corrected chi connectivity index (χ4v) is 2.81. The number of carbonyl (C=O) groups excluding carboxylic acids is 1. The highest BCUT2D eigenvalue weighted by Crippen LogP contribution is 2.20. The molecule has 3 nitrogen and oxygen atoms in total. The lowest BCUT2D eigenvalue weighted by Crippen LogP contribution is -2.45. The summed E-state index contributed by atoms with van der Waals surface area (Å²) in [4.78, 5) is 14.2. The molecule has 4 heteroatoms. The topological polar surface area (TPSA) is 46.3 Å². The first-order valence-electron chi connectivity index (χ1n) is 6.84. The summed E-state index contributed by atoms with van der Waals surface area (Å²) < 4.78 is 0. The zero-order valence-electron chi connectivity index (χ0n) is 11.3. The standard InChI is InChI=1S/C15H21ClN2O/c1-11(17)13-5-3-7-18(10-13)15(19)9-12-4-2-6-14(16)8-12/h2,4,6,8,11,13H,3,5,7,9-10,17H2,1H3/t11-,13+/m0/s1. The summed E-state index contributed by atoms with van der Waals surface area (Å²) in [5.41, 5.74) is 6.92. The van der Waals surface area contributed by atoms with Gasteiger partial charge >= 0.3 is 0 Å². The molecule has 1 amide bonds. The summed E-state index contributed by atoms with van der Waals surface area (Å²) in [5, 5.41) is 0.678. The second-order valence-corrected chi connectivity index (χ2v) is 5.84. The van der Waals surface area contributed by atoms with Crippen molar-refractivity contribution in [1.82, 2.24) is 4.90 Å². The first-order valence-corrected chi connectivity index (χ1v) is 7.22. The molecule has 0 bridgehead atoms. The van der Waals surface area contributed by atoms with E-state index in [1.807, 2.05) is 36.1 Å². The largest absolute Gasteiger partial charge is 0.342 e. The van der Waals surface area contributed by atoms with Crippen molar-refractivity contribution in [2.75, 3.05) is 13.1 Å². The molecule has 0 saturated carbocycles. The first-order chi connectivity index (χ1) is 9.06. The van der Waals surface area contributed by atoms with Crippen molar-refractivity contribution < 1.29 is 4.79 Å². The number of likely N-dealkylation sites (tertiary alicyclic amines) is 1. The van der Waals surface area contributed by atoms with E-state index in [9.17, 15) is 4.79 Å². The molecule has 1 aromatic carbocycles. The van der Waals surface area contributed by atoms with Gasteiger partial charge < -0.3 is 10.6 Å². The Morgan fingerprint density at radius 2 is 2.37 bits per heavy atom. The lowest BCUT2D eigenvalue weighted by molar-refractivity contribution is -0.132. The number of benzene rings is 1. The van der Waals surface area contributed by atoms with Crippen molar-refractivity contribution >= 4 is 17.5 Å². The molecule has 1 aliphatic heterocycles. The second-order valence-electron chi connectivity index (χ2n) is 5.41. The summed E-state index contributed by atoms with van der Waals surface area (Å²) >= 11 is 5.94. The Morgan fingerprint density at radius 3 is 3.05 bits per heavy atom. The van der Waals surface area contributed by atoms with Crippen molar-refractivity contribution in [3.8, 4) is 0 Å². The van der Waals surface area contributed by atoms with Gasteiger partial charge in [0.1, 0.15) is 0 Å². The van der Waals surface area contributed by atoms with E-state index in [0.29, 0.717) is 17.4 Å². The van der Waals surface area contributed by atoms with E-state index >= 15 is 0 Å². The van der Waals surface area contributed by atoms with Gasteiger partial charge in [-0.2, -0.15) is 0 Å². The monoisotopic (exact) mass is 280 g/mol. The fraction of sp³-hybridized carbons (Fsp3) is 0.533. The third kappa shape index (κ3) is 3.95. The van der Waals surface area contributed by atoms with Gasteiger partial charge in [-0.05, 0) is 43.4 Å². The minimum atomic E-state index is 0.154. The highest BCUT2D eigenvalue weighted by atomic mass is 35.5.